The molecule has 633 valence electrons. The van der Waals surface area contributed by atoms with Crippen molar-refractivity contribution >= 4 is 147 Å². The summed E-state index contributed by atoms with van der Waals surface area (Å²) in [6.45, 7) is 7.44. The van der Waals surface area contributed by atoms with Crippen molar-refractivity contribution in [3.05, 3.63) is 129 Å². The number of aliphatic hydroxyl groups is 1. The number of nitrogens with one attached hydrogen (secondary N) is 5. The summed E-state index contributed by atoms with van der Waals surface area (Å²) in [6.07, 6.45) is 13.8. The number of rotatable bonds is 22. The number of anilines is 11. The van der Waals surface area contributed by atoms with Crippen molar-refractivity contribution in [2.45, 2.75) is 116 Å². The second-order valence-electron chi connectivity index (χ2n) is 31.7. The summed E-state index contributed by atoms with van der Waals surface area (Å²) in [4.78, 5) is 85.8. The number of nitrogens with two attached hydrogens (primary N) is 1. The molecule has 0 atom stereocenters. The molecular formula is C77H95BBrF6LiN15O14S3. The van der Waals surface area contributed by atoms with Crippen LogP contribution in [0, 0.1) is 37.0 Å². The number of aliphatic hydroxyl groups excluding tert-OH is 1. The largest absolute Gasteiger partial charge is 1.00 e. The Labute approximate surface area is 705 Å². The molecule has 29 nitrogen and oxygen atoms in total. The van der Waals surface area contributed by atoms with Gasteiger partial charge in [0.2, 0.25) is 30.1 Å². The Morgan fingerprint density at radius 1 is 0.458 bits per heavy atom. The molecular weight excluding hydrogens is 1670 g/mol. The molecule has 0 bridgehead atoms. The summed E-state index contributed by atoms with van der Waals surface area (Å²) in [5.41, 5.74) is 7.60. The van der Waals surface area contributed by atoms with Gasteiger partial charge in [-0.3, -0.25) is 33.4 Å². The third-order valence-electron chi connectivity index (χ3n) is 22.1. The zero-order valence-corrected chi connectivity index (χ0v) is 70.3. The Balaban J connectivity index is 0.000000192. The standard InChI is InChI=1S/C26H31F2N5O5S.C25H31F2N5O4S.C23H25BrF2N4O.C3H7NO4S.B.Li.H/c1-17-11-21(29-22(12-17)33-15-26(27,28)16-33)30-24(35)19-4-3-18(31-39(36,37)14-23(34)38-2)13-20(19)32-9-7-25(5-6-25)8-10-32;1-17-12-21(28-22(13-17)32-15-25(26,27)16-32)29-23(34)19-3-2-18(30-37(35,36)11-10-33)14-20(19)31-8-6-24(4-5-24)7-9-31;1-15-10-19(27-20(11-15)30-13-23(25,26)14-30)28-21(31)17-3-2-16(24)12-18(17)29-8-6-22(4-5-22)7-9-29;1-8-3(5)2-9(4,6)7;;;/h3-4,11-13,31H,5-10,14-16H2,1-2H3,(H,29,30,35);2-3,12-14,30,33H,4-11,15-16H2,1H3,(H,28,29,34);2-3,10-12H,4-9,13-14H2,1H3,(H,27,28,31);2H2,1H3,(H2,4,6,7);;;/q;;;;;+1;-1. The molecule has 15 rings (SSSR count). The molecule has 3 amide bonds. The van der Waals surface area contributed by atoms with Crippen LogP contribution in [0.4, 0.5) is 89.7 Å². The number of benzene rings is 3. The fourth-order valence-electron chi connectivity index (χ4n) is 15.0. The molecule has 9 aliphatic rings. The zero-order valence-electron chi connectivity index (χ0n) is 67.3. The second-order valence-corrected chi connectivity index (χ2v) is 37.8. The molecule has 9 fully saturated rings. The topological polar surface area (TPSA) is 371 Å². The van der Waals surface area contributed by atoms with Gasteiger partial charge in [-0.2, -0.15) is 0 Å². The fourth-order valence-corrected chi connectivity index (χ4v) is 17.6. The number of methoxy groups -OCH3 is 2. The van der Waals surface area contributed by atoms with Crippen molar-refractivity contribution in [1.29, 1.82) is 0 Å². The van der Waals surface area contributed by atoms with E-state index in [1.165, 1.54) is 84.3 Å². The van der Waals surface area contributed by atoms with Crippen molar-refractivity contribution in [2.24, 2.45) is 21.4 Å². The van der Waals surface area contributed by atoms with E-state index in [1.807, 2.05) is 25.1 Å². The summed E-state index contributed by atoms with van der Waals surface area (Å²) in [5.74, 6) is -11.0. The number of hydrogen-bond donors (Lipinski definition) is 7. The van der Waals surface area contributed by atoms with E-state index in [4.69, 9.17) is 5.11 Å². The van der Waals surface area contributed by atoms with Crippen LogP contribution >= 0.6 is 15.9 Å². The minimum atomic E-state index is -4.02. The molecule has 3 radical (unpaired) electrons. The van der Waals surface area contributed by atoms with Crippen molar-refractivity contribution in [3.63, 3.8) is 0 Å². The Morgan fingerprint density at radius 2 is 0.754 bits per heavy atom. The molecule has 118 heavy (non-hydrogen) atoms. The van der Waals surface area contributed by atoms with Gasteiger partial charge in [-0.25, -0.2) is 71.7 Å². The third-order valence-corrected chi connectivity index (χ3v) is 25.7. The van der Waals surface area contributed by atoms with Gasteiger partial charge in [0.1, 0.15) is 34.9 Å². The summed E-state index contributed by atoms with van der Waals surface area (Å²) >= 11 is 3.53. The number of halogens is 7. The van der Waals surface area contributed by atoms with Crippen LogP contribution in [0.15, 0.2) is 95.5 Å². The number of amides is 3. The zero-order chi connectivity index (χ0) is 83.7. The first-order valence-electron chi connectivity index (χ1n) is 37.9. The van der Waals surface area contributed by atoms with Crippen LogP contribution in [-0.2, 0) is 49.1 Å². The number of aryl methyl sites for hydroxylation is 3. The van der Waals surface area contributed by atoms with E-state index in [-0.39, 0.29) is 65.0 Å². The molecule has 3 aliphatic carbocycles. The molecule has 6 saturated heterocycles. The molecule has 6 aromatic rings. The van der Waals surface area contributed by atoms with Crippen molar-refractivity contribution < 1.29 is 110 Å². The third kappa shape index (κ3) is 24.3. The van der Waals surface area contributed by atoms with E-state index >= 15 is 0 Å². The van der Waals surface area contributed by atoms with E-state index in [0.29, 0.717) is 86.4 Å². The molecule has 8 N–H and O–H groups in total. The maximum absolute atomic E-state index is 13.5. The van der Waals surface area contributed by atoms with Crippen LogP contribution in [0.1, 0.15) is 126 Å². The van der Waals surface area contributed by atoms with Crippen LogP contribution in [-0.4, -0.2) is 218 Å². The van der Waals surface area contributed by atoms with Crippen LogP contribution < -0.4 is 78.8 Å². The first-order chi connectivity index (χ1) is 54.5. The number of esters is 2. The SMILES string of the molecule is COC(=O)CS(=O)(=O)Nc1ccc(C(=O)Nc2cc(C)cc(N3CC(F)(F)C3)n2)c(N2CCC3(CC2)CC3)c1.COC(=O)CS(N)(=O)=O.Cc1cc(NC(=O)c2ccc(Br)cc2N2CCC3(CC2)CC3)nc(N2CC(F)(F)C2)c1.Cc1cc(NC(=O)c2ccc(NS(=O)(=O)CCO)cc2N2CCC3(CC2)CC3)nc(N2CC(F)(F)C2)c1.[B].[H-].[Li+]. The van der Waals surface area contributed by atoms with E-state index < -0.39 is 122 Å². The summed E-state index contributed by atoms with van der Waals surface area (Å²) in [5, 5.41) is 22.0. The summed E-state index contributed by atoms with van der Waals surface area (Å²) in [7, 11) is -9.26. The van der Waals surface area contributed by atoms with Gasteiger partial charge < -0.3 is 61.4 Å². The monoisotopic (exact) mass is 1760 g/mol. The average molecular weight is 1760 g/mol. The van der Waals surface area contributed by atoms with Gasteiger partial charge in [0.15, 0.2) is 11.5 Å². The average Bonchev–Trinajstić information content (AvgIpc) is 1.70. The molecule has 3 saturated carbocycles. The van der Waals surface area contributed by atoms with Gasteiger partial charge in [-0.05, 0) is 222 Å². The van der Waals surface area contributed by atoms with E-state index in [1.54, 1.807) is 68.4 Å². The Morgan fingerprint density at radius 3 is 1.03 bits per heavy atom. The molecule has 3 aromatic heterocycles. The minimum absolute atomic E-state index is 0. The normalized spacial score (nSPS) is 19.0. The maximum Gasteiger partial charge on any atom is 1.00 e. The number of hydrogen-bond acceptors (Lipinski definition) is 23. The minimum Gasteiger partial charge on any atom is -1.00 e. The number of carbonyl (C=O) groups excluding carboxylic acids is 5. The van der Waals surface area contributed by atoms with Gasteiger partial charge in [0.25, 0.3) is 35.5 Å². The van der Waals surface area contributed by atoms with Gasteiger partial charge in [-0.15, -0.1) is 0 Å². The van der Waals surface area contributed by atoms with Crippen molar-refractivity contribution in [3.8, 4) is 0 Å². The maximum atomic E-state index is 13.5. The number of nitrogens with zero attached hydrogens (tertiary/aromatic N) is 9. The van der Waals surface area contributed by atoms with Crippen LogP contribution in [0.25, 0.3) is 0 Å². The smallest absolute Gasteiger partial charge is 1.00 e. The Hall–Kier alpha value is -8.65. The quantitative estimate of drug-likeness (QED) is 0.0204. The van der Waals surface area contributed by atoms with E-state index in [9.17, 15) is 75.6 Å². The number of sulfonamides is 3. The van der Waals surface area contributed by atoms with Gasteiger partial charge in [-0.1, -0.05) is 15.9 Å². The van der Waals surface area contributed by atoms with Crippen LogP contribution in [0.3, 0.4) is 0 Å². The van der Waals surface area contributed by atoms with E-state index in [2.05, 4.69) is 85.6 Å². The molecule has 6 aliphatic heterocycles. The Bertz CT molecular complexity index is 5100. The van der Waals surface area contributed by atoms with Crippen LogP contribution in [0.5, 0.6) is 0 Å². The number of primary sulfonamides is 1. The number of carbonyl (C=O) groups is 5. The first-order valence-corrected chi connectivity index (χ1v) is 43.7. The number of pyridine rings is 3. The predicted octanol–water partition coefficient (Wildman–Crippen LogP) is 7.03. The van der Waals surface area contributed by atoms with Crippen molar-refractivity contribution in [2.75, 3.05) is 171 Å². The predicted molar refractivity (Wildman–Crippen MR) is 439 cm³/mol. The molecule has 41 heteroatoms. The molecule has 9 heterocycles. The number of ether oxygens (including phenoxy) is 2. The fraction of sp³-hybridized carbons (Fsp3) is 0.506. The van der Waals surface area contributed by atoms with Crippen LogP contribution in [0.2, 0.25) is 0 Å². The van der Waals surface area contributed by atoms with Crippen molar-refractivity contribution in [1.82, 2.24) is 15.0 Å². The van der Waals surface area contributed by atoms with E-state index in [0.717, 1.165) is 92.9 Å². The Kier molecular flexibility index (Phi) is 28.2. The van der Waals surface area contributed by atoms with Gasteiger partial charge in [0.05, 0.1) is 111 Å². The summed E-state index contributed by atoms with van der Waals surface area (Å²) < 4.78 is 164. The molecule has 3 spiro atoms. The van der Waals surface area contributed by atoms with Gasteiger partial charge in [0, 0.05) is 52.2 Å². The number of aromatic nitrogens is 3. The number of piperidine rings is 3. The molecule has 3 aromatic carbocycles. The second kappa shape index (κ2) is 36.3. The summed E-state index contributed by atoms with van der Waals surface area (Å²) in [6, 6.07) is 25.2. The first kappa shape index (κ1) is 91.7. The molecule has 0 unspecified atom stereocenters. The van der Waals surface area contributed by atoms with Gasteiger partial charge >= 0.3 is 30.8 Å². The number of alkyl halides is 6.